The SMILES string of the molecule is Cl.FC1(F)CNC[C@H](c2nc(-c3c4n(c5ccccc35)CCC4)no2)C1. The quantitative estimate of drug-likeness (QED) is 0.735. The third kappa shape index (κ3) is 2.70. The maximum atomic E-state index is 13.7. The molecule has 1 saturated heterocycles. The van der Waals surface area contributed by atoms with Gasteiger partial charge in [0.25, 0.3) is 5.92 Å². The molecule has 0 bridgehead atoms. The van der Waals surface area contributed by atoms with Crippen molar-refractivity contribution in [2.24, 2.45) is 0 Å². The minimum absolute atomic E-state index is 0. The molecule has 2 aromatic heterocycles. The van der Waals surface area contributed by atoms with Crippen molar-refractivity contribution in [2.75, 3.05) is 13.1 Å². The zero-order chi connectivity index (χ0) is 17.0. The van der Waals surface area contributed by atoms with E-state index in [4.69, 9.17) is 4.52 Å². The summed E-state index contributed by atoms with van der Waals surface area (Å²) in [4.78, 5) is 4.51. The molecule has 0 unspecified atom stereocenters. The lowest BCUT2D eigenvalue weighted by molar-refractivity contribution is -0.0310. The molecule has 2 aliphatic heterocycles. The van der Waals surface area contributed by atoms with E-state index in [9.17, 15) is 8.78 Å². The predicted molar refractivity (Wildman–Crippen MR) is 96.0 cm³/mol. The number of rotatable bonds is 2. The van der Waals surface area contributed by atoms with E-state index < -0.39 is 11.8 Å². The molecule has 1 atom stereocenters. The van der Waals surface area contributed by atoms with Crippen molar-refractivity contribution in [3.63, 3.8) is 0 Å². The van der Waals surface area contributed by atoms with Crippen LogP contribution in [0.4, 0.5) is 8.78 Å². The standard InChI is InChI=1S/C18H18F2N4O.ClH/c19-18(20)8-11(9-21-10-18)17-22-16(23-25-17)15-12-4-1-2-5-13(12)24-7-3-6-14(15)24;/h1-2,4-5,11,21H,3,6-10H2;1H/t11-;/m1./s1. The summed E-state index contributed by atoms with van der Waals surface area (Å²) in [7, 11) is 0. The fraction of sp³-hybridized carbons (Fsp3) is 0.444. The molecule has 8 heteroatoms. The molecule has 0 amide bonds. The highest BCUT2D eigenvalue weighted by Gasteiger charge is 2.39. The number of halogens is 3. The van der Waals surface area contributed by atoms with Crippen LogP contribution in [0, 0.1) is 0 Å². The van der Waals surface area contributed by atoms with Crippen LogP contribution < -0.4 is 5.32 Å². The van der Waals surface area contributed by atoms with Crippen molar-refractivity contribution < 1.29 is 13.3 Å². The maximum Gasteiger partial charge on any atom is 0.261 e. The number of para-hydroxylation sites is 1. The Morgan fingerprint density at radius 3 is 2.96 bits per heavy atom. The van der Waals surface area contributed by atoms with Gasteiger partial charge in [0.05, 0.1) is 18.0 Å². The zero-order valence-electron chi connectivity index (χ0n) is 14.0. The van der Waals surface area contributed by atoms with Crippen LogP contribution in [-0.4, -0.2) is 33.7 Å². The van der Waals surface area contributed by atoms with Gasteiger partial charge < -0.3 is 14.4 Å². The van der Waals surface area contributed by atoms with Crippen LogP contribution in [-0.2, 0) is 13.0 Å². The molecule has 1 fully saturated rings. The number of hydrogen-bond acceptors (Lipinski definition) is 4. The molecule has 2 aliphatic rings. The second kappa shape index (κ2) is 6.32. The molecule has 4 heterocycles. The first-order valence-electron chi connectivity index (χ1n) is 8.65. The summed E-state index contributed by atoms with van der Waals surface area (Å²) in [6, 6.07) is 8.17. The molecule has 3 aromatic rings. The summed E-state index contributed by atoms with van der Waals surface area (Å²) >= 11 is 0. The van der Waals surface area contributed by atoms with Crippen LogP contribution in [0.3, 0.4) is 0 Å². The molecule has 26 heavy (non-hydrogen) atoms. The fourth-order valence-corrected chi connectivity index (χ4v) is 4.14. The van der Waals surface area contributed by atoms with E-state index in [1.807, 2.05) is 12.1 Å². The highest BCUT2D eigenvalue weighted by Crippen LogP contribution is 2.38. The van der Waals surface area contributed by atoms with E-state index >= 15 is 0 Å². The van der Waals surface area contributed by atoms with Crippen molar-refractivity contribution in [1.29, 1.82) is 0 Å². The van der Waals surface area contributed by atoms with Crippen LogP contribution in [0.1, 0.15) is 30.3 Å². The van der Waals surface area contributed by atoms with Gasteiger partial charge in [-0.25, -0.2) is 8.78 Å². The van der Waals surface area contributed by atoms with Gasteiger partial charge in [-0.2, -0.15) is 4.98 Å². The number of aryl methyl sites for hydroxylation is 1. The summed E-state index contributed by atoms with van der Waals surface area (Å²) in [5.74, 6) is -2.38. The fourth-order valence-electron chi connectivity index (χ4n) is 4.14. The van der Waals surface area contributed by atoms with Crippen LogP contribution in [0.25, 0.3) is 22.3 Å². The van der Waals surface area contributed by atoms with Crippen LogP contribution in [0.15, 0.2) is 28.8 Å². The molecule has 5 rings (SSSR count). The largest absolute Gasteiger partial charge is 0.344 e. The van der Waals surface area contributed by atoms with Gasteiger partial charge in [-0.05, 0) is 18.9 Å². The van der Waals surface area contributed by atoms with E-state index in [0.29, 0.717) is 18.3 Å². The van der Waals surface area contributed by atoms with Crippen molar-refractivity contribution in [1.82, 2.24) is 20.0 Å². The van der Waals surface area contributed by atoms with Gasteiger partial charge >= 0.3 is 0 Å². The Balaban J connectivity index is 0.00000168. The molecule has 138 valence electrons. The minimum atomic E-state index is -2.73. The maximum absolute atomic E-state index is 13.7. The molecule has 0 aliphatic carbocycles. The Morgan fingerprint density at radius 2 is 2.12 bits per heavy atom. The molecular weight excluding hydrogens is 362 g/mol. The number of piperidine rings is 1. The smallest absolute Gasteiger partial charge is 0.261 e. The van der Waals surface area contributed by atoms with E-state index in [1.54, 1.807) is 0 Å². The Kier molecular flexibility index (Phi) is 4.23. The lowest BCUT2D eigenvalue weighted by Gasteiger charge is -2.27. The van der Waals surface area contributed by atoms with Gasteiger partial charge in [0.15, 0.2) is 0 Å². The zero-order valence-corrected chi connectivity index (χ0v) is 14.9. The Morgan fingerprint density at radius 1 is 1.27 bits per heavy atom. The second-order valence-corrected chi connectivity index (χ2v) is 6.94. The first kappa shape index (κ1) is 17.4. The van der Waals surface area contributed by atoms with E-state index in [1.165, 1.54) is 11.2 Å². The number of nitrogens with one attached hydrogen (secondary N) is 1. The third-order valence-electron chi connectivity index (χ3n) is 5.21. The van der Waals surface area contributed by atoms with Gasteiger partial charge in [0.2, 0.25) is 11.7 Å². The van der Waals surface area contributed by atoms with Gasteiger partial charge in [-0.1, -0.05) is 23.4 Å². The normalized spacial score (nSPS) is 21.5. The molecule has 1 N–H and O–H groups in total. The molecule has 1 aromatic carbocycles. The highest BCUT2D eigenvalue weighted by atomic mass is 35.5. The van der Waals surface area contributed by atoms with E-state index in [2.05, 4.69) is 32.2 Å². The van der Waals surface area contributed by atoms with Crippen molar-refractivity contribution in [2.45, 2.75) is 37.6 Å². The van der Waals surface area contributed by atoms with Crippen LogP contribution in [0.2, 0.25) is 0 Å². The summed E-state index contributed by atoms with van der Waals surface area (Å²) in [5, 5.41) is 7.99. The number of aromatic nitrogens is 3. The third-order valence-corrected chi connectivity index (χ3v) is 5.21. The summed E-state index contributed by atoms with van der Waals surface area (Å²) in [5.41, 5.74) is 3.36. The van der Waals surface area contributed by atoms with Crippen LogP contribution in [0.5, 0.6) is 0 Å². The monoisotopic (exact) mass is 380 g/mol. The van der Waals surface area contributed by atoms with Gasteiger partial charge in [-0.15, -0.1) is 12.4 Å². The lowest BCUT2D eigenvalue weighted by atomic mass is 9.97. The molecule has 5 nitrogen and oxygen atoms in total. The number of alkyl halides is 2. The number of fused-ring (bicyclic) bond motifs is 3. The summed E-state index contributed by atoms with van der Waals surface area (Å²) < 4.78 is 35.0. The molecule has 0 saturated carbocycles. The topological polar surface area (TPSA) is 55.9 Å². The second-order valence-electron chi connectivity index (χ2n) is 6.94. The average molecular weight is 381 g/mol. The molecule has 0 radical (unpaired) electrons. The Bertz CT molecular complexity index is 952. The summed E-state index contributed by atoms with van der Waals surface area (Å²) in [6.07, 6.45) is 1.81. The van der Waals surface area contributed by atoms with Gasteiger partial charge in [0, 0.05) is 36.1 Å². The molecule has 0 spiro atoms. The minimum Gasteiger partial charge on any atom is -0.344 e. The highest BCUT2D eigenvalue weighted by molar-refractivity contribution is 5.96. The number of benzene rings is 1. The summed E-state index contributed by atoms with van der Waals surface area (Å²) in [6.45, 7) is 1.13. The Labute approximate surface area is 155 Å². The predicted octanol–water partition coefficient (Wildman–Crippen LogP) is 3.77. The van der Waals surface area contributed by atoms with E-state index in [0.717, 1.165) is 30.3 Å². The van der Waals surface area contributed by atoms with Gasteiger partial charge in [0.1, 0.15) is 0 Å². The number of hydrogen-bond donors (Lipinski definition) is 1. The first-order chi connectivity index (χ1) is 12.1. The Hall–Kier alpha value is -1.99. The first-order valence-corrected chi connectivity index (χ1v) is 8.65. The lowest BCUT2D eigenvalue weighted by Crippen LogP contribution is -2.42. The van der Waals surface area contributed by atoms with Crippen molar-refractivity contribution >= 4 is 23.3 Å². The van der Waals surface area contributed by atoms with Gasteiger partial charge in [-0.3, -0.25) is 0 Å². The number of nitrogens with zero attached hydrogens (tertiary/aromatic N) is 3. The van der Waals surface area contributed by atoms with Crippen LogP contribution >= 0.6 is 12.4 Å². The molecular formula is C18H19ClF2N4O. The van der Waals surface area contributed by atoms with Crippen molar-refractivity contribution in [3.8, 4) is 11.4 Å². The average Bonchev–Trinajstić information content (AvgIpc) is 3.29. The van der Waals surface area contributed by atoms with E-state index in [-0.39, 0.29) is 25.4 Å². The van der Waals surface area contributed by atoms with Crippen molar-refractivity contribution in [3.05, 3.63) is 35.9 Å².